The molecule has 1 aliphatic rings. The van der Waals surface area contributed by atoms with Crippen LogP contribution in [0, 0.1) is 0 Å². The molecule has 2 nitrogen and oxygen atoms in total. The van der Waals surface area contributed by atoms with Gasteiger partial charge in [0, 0.05) is 17.0 Å². The van der Waals surface area contributed by atoms with E-state index in [0.717, 1.165) is 12.1 Å². The molecule has 0 amide bonds. The Morgan fingerprint density at radius 1 is 1.14 bits per heavy atom. The van der Waals surface area contributed by atoms with Gasteiger partial charge in [-0.2, -0.15) is 0 Å². The first kappa shape index (κ1) is 13.3. The molecule has 4 rings (SSSR count). The molecule has 1 aromatic carbocycles. The number of hydrogen-bond acceptors (Lipinski definition) is 4. The predicted octanol–water partition coefficient (Wildman–Crippen LogP) is 5.34. The fraction of sp³-hybridized carbons (Fsp3) is 0.353. The van der Waals surface area contributed by atoms with Crippen LogP contribution in [-0.2, 0) is 12.8 Å². The number of hydrogen-bond donors (Lipinski definition) is 1. The molecule has 3 aromatic rings. The quantitative estimate of drug-likeness (QED) is 0.706. The van der Waals surface area contributed by atoms with E-state index in [-0.39, 0.29) is 0 Å². The van der Waals surface area contributed by atoms with Gasteiger partial charge in [-0.1, -0.05) is 12.1 Å². The standard InChI is InChI=1S/C17H18N2S2/c1-2-18-16-15(11-7-3-5-9-13(11)20-16)17-19-12-8-4-6-10-14(12)21-17/h4,6,8,10,18H,2-3,5,7,9H2,1H3. The van der Waals surface area contributed by atoms with Gasteiger partial charge >= 0.3 is 0 Å². The van der Waals surface area contributed by atoms with Crippen molar-refractivity contribution in [1.29, 1.82) is 0 Å². The number of benzene rings is 1. The molecule has 0 atom stereocenters. The molecule has 1 N–H and O–H groups in total. The number of nitrogens with one attached hydrogen (secondary N) is 1. The summed E-state index contributed by atoms with van der Waals surface area (Å²) in [4.78, 5) is 6.47. The Morgan fingerprint density at radius 2 is 2.00 bits per heavy atom. The van der Waals surface area contributed by atoms with Gasteiger partial charge in [0.05, 0.1) is 15.2 Å². The maximum Gasteiger partial charge on any atom is 0.127 e. The highest BCUT2D eigenvalue weighted by Gasteiger charge is 2.23. The van der Waals surface area contributed by atoms with Gasteiger partial charge in [0.1, 0.15) is 5.01 Å². The highest BCUT2D eigenvalue weighted by atomic mass is 32.1. The molecule has 0 unspecified atom stereocenters. The zero-order chi connectivity index (χ0) is 14.2. The lowest BCUT2D eigenvalue weighted by atomic mass is 9.96. The van der Waals surface area contributed by atoms with Crippen molar-refractivity contribution in [2.75, 3.05) is 11.9 Å². The van der Waals surface area contributed by atoms with Gasteiger partial charge in [-0.15, -0.1) is 22.7 Å². The number of aromatic nitrogens is 1. The van der Waals surface area contributed by atoms with E-state index >= 15 is 0 Å². The van der Waals surface area contributed by atoms with Crippen molar-refractivity contribution in [3.8, 4) is 10.6 Å². The molecule has 0 radical (unpaired) electrons. The summed E-state index contributed by atoms with van der Waals surface area (Å²) in [6.45, 7) is 3.14. The third-order valence-corrected chi connectivity index (χ3v) is 6.32. The first-order valence-corrected chi connectivity index (χ1v) is 9.24. The van der Waals surface area contributed by atoms with Crippen molar-refractivity contribution in [2.45, 2.75) is 32.6 Å². The van der Waals surface area contributed by atoms with Crippen LogP contribution in [0.3, 0.4) is 0 Å². The van der Waals surface area contributed by atoms with Gasteiger partial charge in [0.25, 0.3) is 0 Å². The second-order valence-electron chi connectivity index (χ2n) is 5.43. The smallest absolute Gasteiger partial charge is 0.127 e. The second kappa shape index (κ2) is 5.43. The van der Waals surface area contributed by atoms with E-state index in [1.54, 1.807) is 10.4 Å². The zero-order valence-electron chi connectivity index (χ0n) is 12.1. The Labute approximate surface area is 132 Å². The summed E-state index contributed by atoms with van der Waals surface area (Å²) >= 11 is 3.77. The van der Waals surface area contributed by atoms with Gasteiger partial charge in [-0.3, -0.25) is 0 Å². The van der Waals surface area contributed by atoms with Crippen molar-refractivity contribution >= 4 is 37.9 Å². The van der Waals surface area contributed by atoms with Crippen LogP contribution in [0.15, 0.2) is 24.3 Å². The molecular weight excluding hydrogens is 296 g/mol. The first-order chi connectivity index (χ1) is 10.4. The lowest BCUT2D eigenvalue weighted by molar-refractivity contribution is 0.698. The van der Waals surface area contributed by atoms with Crippen LogP contribution in [0.2, 0.25) is 0 Å². The second-order valence-corrected chi connectivity index (χ2v) is 7.57. The number of fused-ring (bicyclic) bond motifs is 2. The summed E-state index contributed by atoms with van der Waals surface area (Å²) in [6, 6.07) is 8.45. The van der Waals surface area contributed by atoms with Crippen molar-refractivity contribution in [1.82, 2.24) is 4.98 Å². The summed E-state index contributed by atoms with van der Waals surface area (Å²) < 4.78 is 1.28. The SMILES string of the molecule is CCNc1sc2c(c1-c1nc3ccccc3s1)CCCC2. The number of anilines is 1. The first-order valence-electron chi connectivity index (χ1n) is 7.61. The van der Waals surface area contributed by atoms with Gasteiger partial charge in [-0.25, -0.2) is 4.98 Å². The molecule has 21 heavy (non-hydrogen) atoms. The van der Waals surface area contributed by atoms with Gasteiger partial charge < -0.3 is 5.32 Å². The summed E-state index contributed by atoms with van der Waals surface area (Å²) in [5, 5.41) is 6.07. The maximum atomic E-state index is 4.89. The van der Waals surface area contributed by atoms with Gasteiger partial charge in [0.15, 0.2) is 0 Å². The highest BCUT2D eigenvalue weighted by molar-refractivity contribution is 7.22. The summed E-state index contributed by atoms with van der Waals surface area (Å²) in [7, 11) is 0. The van der Waals surface area contributed by atoms with Crippen LogP contribution in [0.4, 0.5) is 5.00 Å². The van der Waals surface area contributed by atoms with Crippen molar-refractivity contribution in [3.63, 3.8) is 0 Å². The number of thiazole rings is 1. The van der Waals surface area contributed by atoms with E-state index in [0.29, 0.717) is 0 Å². The fourth-order valence-corrected chi connectivity index (χ4v) is 5.52. The normalized spacial score (nSPS) is 14.3. The Bertz CT molecular complexity index is 752. The maximum absolute atomic E-state index is 4.89. The van der Waals surface area contributed by atoms with Crippen molar-refractivity contribution in [3.05, 3.63) is 34.7 Å². The average Bonchev–Trinajstić information content (AvgIpc) is 3.07. The third-order valence-electron chi connectivity index (χ3n) is 4.02. The number of nitrogens with zero attached hydrogens (tertiary/aromatic N) is 1. The van der Waals surface area contributed by atoms with Gasteiger partial charge in [0.2, 0.25) is 0 Å². The molecule has 4 heteroatoms. The zero-order valence-corrected chi connectivity index (χ0v) is 13.7. The van der Waals surface area contributed by atoms with Crippen LogP contribution in [-0.4, -0.2) is 11.5 Å². The van der Waals surface area contributed by atoms with Crippen LogP contribution >= 0.6 is 22.7 Å². The Kier molecular flexibility index (Phi) is 3.43. The van der Waals surface area contributed by atoms with E-state index in [4.69, 9.17) is 4.98 Å². The molecule has 0 spiro atoms. The van der Waals surface area contributed by atoms with E-state index in [1.165, 1.54) is 46.0 Å². The molecule has 0 fully saturated rings. The minimum atomic E-state index is 0.970. The predicted molar refractivity (Wildman–Crippen MR) is 93.7 cm³/mol. The molecular formula is C17H18N2S2. The molecule has 2 aromatic heterocycles. The van der Waals surface area contributed by atoms with Crippen LogP contribution < -0.4 is 5.32 Å². The average molecular weight is 314 g/mol. The van der Waals surface area contributed by atoms with E-state index in [2.05, 4.69) is 36.5 Å². The molecule has 0 bridgehead atoms. The minimum absolute atomic E-state index is 0.970. The number of para-hydroxylation sites is 1. The topological polar surface area (TPSA) is 24.9 Å². The van der Waals surface area contributed by atoms with Crippen LogP contribution in [0.25, 0.3) is 20.8 Å². The van der Waals surface area contributed by atoms with E-state index < -0.39 is 0 Å². The van der Waals surface area contributed by atoms with E-state index in [1.807, 2.05) is 22.7 Å². The molecule has 0 aliphatic heterocycles. The summed E-state index contributed by atoms with van der Waals surface area (Å²) in [5.41, 5.74) is 4.06. The third kappa shape index (κ3) is 2.27. The number of thiophene rings is 1. The Morgan fingerprint density at radius 3 is 2.86 bits per heavy atom. The number of aryl methyl sites for hydroxylation is 1. The van der Waals surface area contributed by atoms with Crippen molar-refractivity contribution < 1.29 is 0 Å². The molecule has 0 saturated heterocycles. The molecule has 0 saturated carbocycles. The van der Waals surface area contributed by atoms with Crippen LogP contribution in [0.1, 0.15) is 30.2 Å². The Hall–Kier alpha value is -1.39. The van der Waals surface area contributed by atoms with Crippen molar-refractivity contribution in [2.24, 2.45) is 0 Å². The monoisotopic (exact) mass is 314 g/mol. The number of rotatable bonds is 3. The minimum Gasteiger partial charge on any atom is -0.377 e. The molecule has 1 aliphatic carbocycles. The lowest BCUT2D eigenvalue weighted by Gasteiger charge is -2.11. The van der Waals surface area contributed by atoms with E-state index in [9.17, 15) is 0 Å². The molecule has 108 valence electrons. The largest absolute Gasteiger partial charge is 0.377 e. The Balaban J connectivity index is 1.91. The van der Waals surface area contributed by atoms with Crippen LogP contribution in [0.5, 0.6) is 0 Å². The molecule has 2 heterocycles. The lowest BCUT2D eigenvalue weighted by Crippen LogP contribution is -2.00. The highest BCUT2D eigenvalue weighted by Crippen LogP contribution is 2.46. The summed E-state index contributed by atoms with van der Waals surface area (Å²) in [6.07, 6.45) is 5.09. The van der Waals surface area contributed by atoms with Gasteiger partial charge in [-0.05, 0) is 50.3 Å². The summed E-state index contributed by atoms with van der Waals surface area (Å²) in [5.74, 6) is 0. The fourth-order valence-electron chi connectivity index (χ4n) is 3.06.